The molecule has 3 heteroatoms. The summed E-state index contributed by atoms with van der Waals surface area (Å²) in [5, 5.41) is 0. The Kier molecular flexibility index (Phi) is 5.40. The van der Waals surface area contributed by atoms with Crippen LogP contribution < -0.4 is 0 Å². The summed E-state index contributed by atoms with van der Waals surface area (Å²) in [7, 11) is 1.50. The van der Waals surface area contributed by atoms with Crippen molar-refractivity contribution < 1.29 is 14.3 Å². The van der Waals surface area contributed by atoms with Gasteiger partial charge in [-0.1, -0.05) is 25.8 Å². The maximum Gasteiger partial charge on any atom is 0.332 e. The van der Waals surface area contributed by atoms with Crippen molar-refractivity contribution in [1.29, 1.82) is 0 Å². The van der Waals surface area contributed by atoms with Crippen LogP contribution in [-0.2, 0) is 14.3 Å². The van der Waals surface area contributed by atoms with Gasteiger partial charge in [-0.2, -0.15) is 0 Å². The number of hydrogen-bond donors (Lipinski definition) is 0. The lowest BCUT2D eigenvalue weighted by Crippen LogP contribution is -2.18. The fourth-order valence-electron chi connectivity index (χ4n) is 1.83. The monoisotopic (exact) mass is 212 g/mol. The second kappa shape index (κ2) is 6.62. The zero-order chi connectivity index (χ0) is 11.1. The van der Waals surface area contributed by atoms with E-state index in [0.717, 1.165) is 6.42 Å². The second-order valence-electron chi connectivity index (χ2n) is 3.98. The molecule has 0 N–H and O–H groups in total. The number of hydrogen-bond acceptors (Lipinski definition) is 3. The predicted molar refractivity (Wildman–Crippen MR) is 58.5 cm³/mol. The molecule has 0 heterocycles. The Balaban J connectivity index is 2.19. The zero-order valence-electron chi connectivity index (χ0n) is 9.57. The molecule has 0 unspecified atom stereocenters. The van der Waals surface area contributed by atoms with Crippen LogP contribution in [0.25, 0.3) is 0 Å². The van der Waals surface area contributed by atoms with Crippen LogP contribution in [0.15, 0.2) is 12.2 Å². The van der Waals surface area contributed by atoms with Gasteiger partial charge in [0.2, 0.25) is 0 Å². The van der Waals surface area contributed by atoms with Gasteiger partial charge in [0.15, 0.2) is 0 Å². The van der Waals surface area contributed by atoms with Crippen molar-refractivity contribution in [3.8, 4) is 0 Å². The number of esters is 1. The molecular formula is C12H20O3. The molecule has 0 saturated carbocycles. The predicted octanol–water partition coefficient (Wildman–Crippen LogP) is 2.31. The largest absolute Gasteiger partial charge is 0.456 e. The summed E-state index contributed by atoms with van der Waals surface area (Å²) in [5.41, 5.74) is 0. The summed E-state index contributed by atoms with van der Waals surface area (Å²) in [6.07, 6.45) is 8.73. The molecule has 0 aromatic carbocycles. The Morgan fingerprint density at radius 1 is 1.47 bits per heavy atom. The van der Waals surface area contributed by atoms with Crippen LogP contribution in [-0.4, -0.2) is 25.8 Å². The molecule has 0 radical (unpaired) electrons. The highest BCUT2D eigenvalue weighted by atomic mass is 16.6. The van der Waals surface area contributed by atoms with Gasteiger partial charge in [0.25, 0.3) is 0 Å². The van der Waals surface area contributed by atoms with Gasteiger partial charge in [0.1, 0.15) is 12.7 Å². The minimum atomic E-state index is -0.275. The molecule has 0 aliphatic heterocycles. The standard InChI is InChI=1S/C12H20O3/c1-3-4-5-10-6-7-11(8-10)15-12(13)9-14-2/h6-7,10-11H,3-5,8-9H2,1-2H3/t10-,11-/m1/s1. The summed E-state index contributed by atoms with van der Waals surface area (Å²) in [4.78, 5) is 11.1. The average molecular weight is 212 g/mol. The fraction of sp³-hybridized carbons (Fsp3) is 0.750. The lowest BCUT2D eigenvalue weighted by Gasteiger charge is -2.12. The summed E-state index contributed by atoms with van der Waals surface area (Å²) in [5.74, 6) is 0.314. The third kappa shape index (κ3) is 4.47. The molecule has 2 atom stereocenters. The van der Waals surface area contributed by atoms with E-state index in [1.807, 2.05) is 6.08 Å². The van der Waals surface area contributed by atoms with E-state index in [1.165, 1.54) is 26.4 Å². The number of unbranched alkanes of at least 4 members (excludes halogenated alkanes) is 1. The molecule has 0 amide bonds. The fourth-order valence-corrected chi connectivity index (χ4v) is 1.83. The molecule has 0 saturated heterocycles. The first kappa shape index (κ1) is 12.2. The van der Waals surface area contributed by atoms with Crippen LogP contribution in [0.3, 0.4) is 0 Å². The topological polar surface area (TPSA) is 35.5 Å². The first-order valence-corrected chi connectivity index (χ1v) is 5.63. The highest BCUT2D eigenvalue weighted by molar-refractivity contribution is 5.71. The second-order valence-corrected chi connectivity index (χ2v) is 3.98. The van der Waals surface area contributed by atoms with Crippen LogP contribution in [0.4, 0.5) is 0 Å². The van der Waals surface area contributed by atoms with Gasteiger partial charge in [0, 0.05) is 7.11 Å². The molecule has 0 bridgehead atoms. The molecule has 86 valence electrons. The van der Waals surface area contributed by atoms with Gasteiger partial charge < -0.3 is 9.47 Å². The third-order valence-electron chi connectivity index (χ3n) is 2.61. The molecular weight excluding hydrogens is 192 g/mol. The van der Waals surface area contributed by atoms with Crippen molar-refractivity contribution in [2.75, 3.05) is 13.7 Å². The molecule has 15 heavy (non-hydrogen) atoms. The summed E-state index contributed by atoms with van der Waals surface area (Å²) in [6, 6.07) is 0. The van der Waals surface area contributed by atoms with E-state index in [1.54, 1.807) is 0 Å². The van der Waals surface area contributed by atoms with Gasteiger partial charge in [0.05, 0.1) is 0 Å². The molecule has 1 aliphatic carbocycles. The average Bonchev–Trinajstić information content (AvgIpc) is 2.63. The van der Waals surface area contributed by atoms with Crippen LogP contribution >= 0.6 is 0 Å². The van der Waals surface area contributed by atoms with Crippen molar-refractivity contribution in [2.45, 2.75) is 38.7 Å². The van der Waals surface area contributed by atoms with Gasteiger partial charge in [-0.05, 0) is 24.8 Å². The van der Waals surface area contributed by atoms with E-state index in [-0.39, 0.29) is 18.7 Å². The van der Waals surface area contributed by atoms with Crippen molar-refractivity contribution >= 4 is 5.97 Å². The summed E-state index contributed by atoms with van der Waals surface area (Å²) in [6.45, 7) is 2.23. The van der Waals surface area contributed by atoms with Crippen molar-refractivity contribution in [3.05, 3.63) is 12.2 Å². The van der Waals surface area contributed by atoms with Crippen LogP contribution in [0.1, 0.15) is 32.6 Å². The van der Waals surface area contributed by atoms with E-state index in [9.17, 15) is 4.79 Å². The molecule has 0 spiro atoms. The van der Waals surface area contributed by atoms with E-state index >= 15 is 0 Å². The Morgan fingerprint density at radius 2 is 2.27 bits per heavy atom. The molecule has 1 rings (SSSR count). The molecule has 3 nitrogen and oxygen atoms in total. The van der Waals surface area contributed by atoms with Gasteiger partial charge in [-0.15, -0.1) is 0 Å². The lowest BCUT2D eigenvalue weighted by molar-refractivity contribution is -0.151. The smallest absolute Gasteiger partial charge is 0.332 e. The third-order valence-corrected chi connectivity index (χ3v) is 2.61. The normalized spacial score (nSPS) is 24.4. The Hall–Kier alpha value is -0.830. The molecule has 0 aromatic heterocycles. The number of carbonyl (C=O) groups is 1. The number of methoxy groups -OCH3 is 1. The van der Waals surface area contributed by atoms with Crippen molar-refractivity contribution in [3.63, 3.8) is 0 Å². The first-order valence-electron chi connectivity index (χ1n) is 5.63. The number of rotatable bonds is 6. The van der Waals surface area contributed by atoms with Crippen molar-refractivity contribution in [1.82, 2.24) is 0 Å². The molecule has 1 aliphatic rings. The minimum absolute atomic E-state index is 0.0329. The van der Waals surface area contributed by atoms with Crippen LogP contribution in [0.5, 0.6) is 0 Å². The lowest BCUT2D eigenvalue weighted by atomic mass is 10.0. The minimum Gasteiger partial charge on any atom is -0.456 e. The molecule has 0 aromatic rings. The number of carbonyl (C=O) groups excluding carboxylic acids is 1. The van der Waals surface area contributed by atoms with E-state index in [0.29, 0.717) is 5.92 Å². The van der Waals surface area contributed by atoms with Crippen LogP contribution in [0.2, 0.25) is 0 Å². The van der Waals surface area contributed by atoms with Gasteiger partial charge in [-0.3, -0.25) is 0 Å². The highest BCUT2D eigenvalue weighted by Gasteiger charge is 2.21. The van der Waals surface area contributed by atoms with E-state index < -0.39 is 0 Å². The van der Waals surface area contributed by atoms with Gasteiger partial charge in [-0.25, -0.2) is 4.79 Å². The number of ether oxygens (including phenoxy) is 2. The summed E-state index contributed by atoms with van der Waals surface area (Å²) < 4.78 is 9.92. The van der Waals surface area contributed by atoms with Crippen molar-refractivity contribution in [2.24, 2.45) is 5.92 Å². The van der Waals surface area contributed by atoms with Crippen LogP contribution in [0, 0.1) is 5.92 Å². The van der Waals surface area contributed by atoms with E-state index in [4.69, 9.17) is 9.47 Å². The summed E-state index contributed by atoms with van der Waals surface area (Å²) >= 11 is 0. The zero-order valence-corrected chi connectivity index (χ0v) is 9.57. The Morgan fingerprint density at radius 3 is 2.93 bits per heavy atom. The SMILES string of the molecule is CCCC[C@@H]1C=C[C@@H](OC(=O)COC)C1. The highest BCUT2D eigenvalue weighted by Crippen LogP contribution is 2.25. The van der Waals surface area contributed by atoms with Gasteiger partial charge >= 0.3 is 5.97 Å². The Labute approximate surface area is 91.4 Å². The first-order chi connectivity index (χ1) is 7.26. The maximum absolute atomic E-state index is 11.1. The molecule has 0 fully saturated rings. The quantitative estimate of drug-likeness (QED) is 0.500. The van der Waals surface area contributed by atoms with E-state index in [2.05, 4.69) is 13.0 Å². The number of allylic oxidation sites excluding steroid dienone is 1. The maximum atomic E-state index is 11.1. The Bertz CT molecular complexity index is 223.